The average Bonchev–Trinajstić information content (AvgIpc) is 3.08. The van der Waals surface area contributed by atoms with E-state index >= 15 is 0 Å². The quantitative estimate of drug-likeness (QED) is 0.725. The van der Waals surface area contributed by atoms with Crippen LogP contribution in [0.15, 0.2) is 29.3 Å². The molecule has 0 spiro atoms. The predicted octanol–water partition coefficient (Wildman–Crippen LogP) is 1.37. The van der Waals surface area contributed by atoms with Crippen LogP contribution in [0.1, 0.15) is 26.2 Å². The Labute approximate surface area is 102 Å². The molecule has 1 aromatic heterocycles. The molecule has 0 amide bonds. The van der Waals surface area contributed by atoms with Gasteiger partial charge in [-0.3, -0.25) is 9.13 Å². The third kappa shape index (κ3) is 3.33. The molecule has 0 atom stereocenters. The predicted molar refractivity (Wildman–Crippen MR) is 69.1 cm³/mol. The second kappa shape index (κ2) is 5.36. The third-order valence-electron chi connectivity index (χ3n) is 2.99. The zero-order chi connectivity index (χ0) is 12.3. The fourth-order valence-corrected chi connectivity index (χ4v) is 1.86. The van der Waals surface area contributed by atoms with E-state index in [1.165, 1.54) is 12.8 Å². The van der Waals surface area contributed by atoms with E-state index in [4.69, 9.17) is 0 Å². The monoisotopic (exact) mass is 235 g/mol. The van der Waals surface area contributed by atoms with Crippen LogP contribution in [0.4, 0.5) is 0 Å². The Balaban J connectivity index is 1.88. The minimum atomic E-state index is 0.0689. The van der Waals surface area contributed by atoms with Crippen molar-refractivity contribution in [1.29, 1.82) is 0 Å². The van der Waals surface area contributed by atoms with Gasteiger partial charge in [-0.2, -0.15) is 0 Å². The lowest BCUT2D eigenvalue weighted by Crippen LogP contribution is -2.27. The van der Waals surface area contributed by atoms with Crippen LogP contribution in [0.3, 0.4) is 0 Å². The van der Waals surface area contributed by atoms with Gasteiger partial charge in [-0.25, -0.2) is 4.79 Å². The molecule has 0 bridgehead atoms. The van der Waals surface area contributed by atoms with Gasteiger partial charge in [0.05, 0.1) is 0 Å². The molecule has 0 unspecified atom stereocenters. The third-order valence-corrected chi connectivity index (χ3v) is 2.99. The van der Waals surface area contributed by atoms with Gasteiger partial charge in [0.2, 0.25) is 0 Å². The first-order valence-electron chi connectivity index (χ1n) is 6.36. The number of nitrogens with one attached hydrogen (secondary N) is 1. The second-order valence-electron chi connectivity index (χ2n) is 4.81. The van der Waals surface area contributed by atoms with E-state index in [0.717, 1.165) is 25.1 Å². The molecular formula is C13H21N3O. The maximum atomic E-state index is 11.9. The minimum Gasteiger partial charge on any atom is -0.310 e. The molecule has 1 N–H and O–H groups in total. The molecule has 4 nitrogen and oxygen atoms in total. The number of aryl methyl sites for hydroxylation is 1. The van der Waals surface area contributed by atoms with Gasteiger partial charge in [-0.1, -0.05) is 13.5 Å². The summed E-state index contributed by atoms with van der Waals surface area (Å²) in [6, 6.07) is 0.688. The SMILES string of the molecule is C=C(CNC1CC1)Cn1ccn(CCC)c1=O. The number of hydrogen-bond donors (Lipinski definition) is 1. The van der Waals surface area contributed by atoms with Crippen LogP contribution in [0.5, 0.6) is 0 Å². The molecule has 0 saturated heterocycles. The lowest BCUT2D eigenvalue weighted by atomic mass is 10.3. The molecule has 1 fully saturated rings. The summed E-state index contributed by atoms with van der Waals surface area (Å²) in [5.74, 6) is 0. The summed E-state index contributed by atoms with van der Waals surface area (Å²) in [4.78, 5) is 11.9. The van der Waals surface area contributed by atoms with Crippen LogP contribution in [-0.2, 0) is 13.1 Å². The van der Waals surface area contributed by atoms with Crippen molar-refractivity contribution in [1.82, 2.24) is 14.5 Å². The Hall–Kier alpha value is -1.29. The first-order valence-corrected chi connectivity index (χ1v) is 6.36. The molecular weight excluding hydrogens is 214 g/mol. The highest BCUT2D eigenvalue weighted by Gasteiger charge is 2.20. The highest BCUT2D eigenvalue weighted by atomic mass is 16.1. The van der Waals surface area contributed by atoms with E-state index < -0.39 is 0 Å². The van der Waals surface area contributed by atoms with Crippen molar-refractivity contribution in [2.75, 3.05) is 6.54 Å². The van der Waals surface area contributed by atoms with Gasteiger partial charge in [-0.05, 0) is 24.8 Å². The van der Waals surface area contributed by atoms with Crippen LogP contribution in [0, 0.1) is 0 Å². The minimum absolute atomic E-state index is 0.0689. The van der Waals surface area contributed by atoms with Gasteiger partial charge in [-0.15, -0.1) is 0 Å². The summed E-state index contributed by atoms with van der Waals surface area (Å²) in [6.07, 6.45) is 7.24. The topological polar surface area (TPSA) is 39.0 Å². The smallest absolute Gasteiger partial charge is 0.310 e. The Morgan fingerprint density at radius 1 is 1.47 bits per heavy atom. The molecule has 0 aliphatic heterocycles. The van der Waals surface area contributed by atoms with Crippen molar-refractivity contribution in [2.45, 2.75) is 45.3 Å². The fraction of sp³-hybridized carbons (Fsp3) is 0.615. The van der Waals surface area contributed by atoms with Crippen LogP contribution in [0.2, 0.25) is 0 Å². The normalized spacial score (nSPS) is 15.1. The molecule has 4 heteroatoms. The van der Waals surface area contributed by atoms with Gasteiger partial charge in [0.1, 0.15) is 0 Å². The molecule has 1 heterocycles. The first-order chi connectivity index (χ1) is 8.20. The summed E-state index contributed by atoms with van der Waals surface area (Å²) in [5, 5.41) is 3.41. The van der Waals surface area contributed by atoms with Gasteiger partial charge in [0.15, 0.2) is 0 Å². The average molecular weight is 235 g/mol. The highest BCUT2D eigenvalue weighted by molar-refractivity contribution is 5.00. The molecule has 17 heavy (non-hydrogen) atoms. The number of hydrogen-bond acceptors (Lipinski definition) is 2. The van der Waals surface area contributed by atoms with Crippen molar-refractivity contribution in [3.05, 3.63) is 35.0 Å². The summed E-state index contributed by atoms with van der Waals surface area (Å²) >= 11 is 0. The molecule has 1 aliphatic carbocycles. The van der Waals surface area contributed by atoms with Crippen molar-refractivity contribution >= 4 is 0 Å². The Morgan fingerprint density at radius 3 is 2.82 bits per heavy atom. The summed E-state index contributed by atoms with van der Waals surface area (Å²) in [6.45, 7) is 8.31. The summed E-state index contributed by atoms with van der Waals surface area (Å²) < 4.78 is 3.48. The van der Waals surface area contributed by atoms with Crippen LogP contribution in [0.25, 0.3) is 0 Å². The molecule has 1 saturated carbocycles. The van der Waals surface area contributed by atoms with Crippen molar-refractivity contribution < 1.29 is 0 Å². The second-order valence-corrected chi connectivity index (χ2v) is 4.81. The van der Waals surface area contributed by atoms with Gasteiger partial charge < -0.3 is 5.32 Å². The Kier molecular flexibility index (Phi) is 3.84. The first kappa shape index (κ1) is 12.2. The number of nitrogens with zero attached hydrogens (tertiary/aromatic N) is 2. The zero-order valence-corrected chi connectivity index (χ0v) is 10.5. The Bertz CT molecular complexity index is 440. The van der Waals surface area contributed by atoms with E-state index in [9.17, 15) is 4.79 Å². The van der Waals surface area contributed by atoms with Crippen LogP contribution in [-0.4, -0.2) is 21.7 Å². The number of rotatable bonds is 7. The molecule has 94 valence electrons. The lowest BCUT2D eigenvalue weighted by molar-refractivity contribution is 0.612. The van der Waals surface area contributed by atoms with E-state index in [1.807, 2.05) is 12.4 Å². The summed E-state index contributed by atoms with van der Waals surface area (Å²) in [7, 11) is 0. The van der Waals surface area contributed by atoms with E-state index in [-0.39, 0.29) is 5.69 Å². The summed E-state index contributed by atoms with van der Waals surface area (Å²) in [5.41, 5.74) is 1.13. The largest absolute Gasteiger partial charge is 0.328 e. The molecule has 2 rings (SSSR count). The van der Waals surface area contributed by atoms with Gasteiger partial charge >= 0.3 is 5.69 Å². The molecule has 0 aromatic carbocycles. The van der Waals surface area contributed by atoms with E-state index in [1.54, 1.807) is 9.13 Å². The van der Waals surface area contributed by atoms with Crippen LogP contribution >= 0.6 is 0 Å². The van der Waals surface area contributed by atoms with E-state index in [2.05, 4.69) is 18.8 Å². The van der Waals surface area contributed by atoms with Crippen molar-refractivity contribution in [3.63, 3.8) is 0 Å². The van der Waals surface area contributed by atoms with Crippen LogP contribution < -0.4 is 11.0 Å². The molecule has 1 aliphatic rings. The number of aromatic nitrogens is 2. The van der Waals surface area contributed by atoms with E-state index in [0.29, 0.717) is 12.6 Å². The van der Waals surface area contributed by atoms with Gasteiger partial charge in [0.25, 0.3) is 0 Å². The lowest BCUT2D eigenvalue weighted by Gasteiger charge is -2.07. The van der Waals surface area contributed by atoms with Crippen molar-refractivity contribution in [3.8, 4) is 0 Å². The fourth-order valence-electron chi connectivity index (χ4n) is 1.86. The Morgan fingerprint density at radius 2 is 2.18 bits per heavy atom. The number of imidazole rings is 1. The molecule has 0 radical (unpaired) electrons. The highest BCUT2D eigenvalue weighted by Crippen LogP contribution is 2.18. The van der Waals surface area contributed by atoms with Gasteiger partial charge in [0, 0.05) is 38.1 Å². The van der Waals surface area contributed by atoms with Crippen molar-refractivity contribution in [2.24, 2.45) is 0 Å². The molecule has 1 aromatic rings. The standard InChI is InChI=1S/C13H21N3O/c1-3-6-15-7-8-16(13(15)17)10-11(2)9-14-12-4-5-12/h7-8,12,14H,2-6,9-10H2,1H3. The maximum absolute atomic E-state index is 11.9. The zero-order valence-electron chi connectivity index (χ0n) is 10.5. The maximum Gasteiger partial charge on any atom is 0.328 e.